The SMILES string of the molecule is C/C=C/C(=O)Cl.C=CC(=O)N1CCC(Nc2cc(F)c3ncn(C(C)C)c(=O)c3c2)C1.CC.CF.Clc1ccccc1Cl. The quantitative estimate of drug-likeness (QED) is 0.220. The maximum atomic E-state index is 14.4. The lowest BCUT2D eigenvalue weighted by atomic mass is 10.1. The minimum absolute atomic E-state index is 0.00439. The minimum Gasteiger partial charge on any atom is -0.380 e. The van der Waals surface area contributed by atoms with E-state index in [-0.39, 0.29) is 34.5 Å². The van der Waals surface area contributed by atoms with E-state index >= 15 is 0 Å². The van der Waals surface area contributed by atoms with Crippen LogP contribution in [0.5, 0.6) is 0 Å². The molecule has 0 saturated carbocycles. The number of fused-ring (bicyclic) bond motifs is 1. The third kappa shape index (κ3) is 13.3. The third-order valence-electron chi connectivity index (χ3n) is 5.56. The Morgan fingerprint density at radius 1 is 1.14 bits per heavy atom. The van der Waals surface area contributed by atoms with Crippen molar-refractivity contribution in [2.24, 2.45) is 0 Å². The molecule has 12 heteroatoms. The van der Waals surface area contributed by atoms with Gasteiger partial charge in [0.25, 0.3) is 5.56 Å². The fourth-order valence-corrected chi connectivity index (χ4v) is 4.07. The first-order chi connectivity index (χ1) is 20.5. The number of alkyl halides is 1. The fraction of sp³-hybridized carbons (Fsp3) is 0.355. The number of halogens is 5. The number of amides is 1. The highest BCUT2D eigenvalue weighted by atomic mass is 35.5. The number of allylic oxidation sites excluding steroid dienone is 2. The van der Waals surface area contributed by atoms with Gasteiger partial charge in [0.05, 0.1) is 28.9 Å². The van der Waals surface area contributed by atoms with E-state index in [2.05, 4.69) is 16.9 Å². The maximum Gasteiger partial charge on any atom is 0.261 e. The van der Waals surface area contributed by atoms with Gasteiger partial charge < -0.3 is 10.2 Å². The number of likely N-dealkylation sites (tertiary alicyclic amines) is 1. The molecule has 1 unspecified atom stereocenters. The fourth-order valence-electron chi connectivity index (χ4n) is 3.67. The molecule has 3 aromatic rings. The van der Waals surface area contributed by atoms with E-state index in [1.807, 2.05) is 39.8 Å². The molecule has 1 aromatic heterocycles. The van der Waals surface area contributed by atoms with Crippen molar-refractivity contribution in [3.8, 4) is 0 Å². The molecule has 1 aliphatic heterocycles. The number of nitrogens with zero attached hydrogens (tertiary/aromatic N) is 3. The predicted molar refractivity (Wildman–Crippen MR) is 176 cm³/mol. The number of carbonyl (C=O) groups excluding carboxylic acids is 2. The Morgan fingerprint density at radius 3 is 2.16 bits per heavy atom. The molecule has 1 N–H and O–H groups in total. The highest BCUT2D eigenvalue weighted by molar-refractivity contribution is 6.66. The molecular weight excluding hydrogens is 621 g/mol. The van der Waals surface area contributed by atoms with Crippen LogP contribution in [0.1, 0.15) is 47.1 Å². The molecule has 0 aliphatic carbocycles. The number of hydrogen-bond donors (Lipinski definition) is 1. The number of carbonyl (C=O) groups is 2. The van der Waals surface area contributed by atoms with E-state index in [0.717, 1.165) is 6.42 Å². The van der Waals surface area contributed by atoms with Crippen LogP contribution in [-0.2, 0) is 9.59 Å². The van der Waals surface area contributed by atoms with Crippen molar-refractivity contribution in [1.82, 2.24) is 14.5 Å². The molecule has 2 aromatic carbocycles. The first-order valence-electron chi connectivity index (χ1n) is 13.5. The number of hydrogen-bond acceptors (Lipinski definition) is 5. The van der Waals surface area contributed by atoms with Crippen LogP contribution in [0.2, 0.25) is 10.0 Å². The van der Waals surface area contributed by atoms with E-state index in [1.54, 1.807) is 36.1 Å². The summed E-state index contributed by atoms with van der Waals surface area (Å²) in [6.07, 6.45) is 6.30. The van der Waals surface area contributed by atoms with Crippen molar-refractivity contribution >= 4 is 62.5 Å². The van der Waals surface area contributed by atoms with Crippen LogP contribution in [0.25, 0.3) is 10.9 Å². The van der Waals surface area contributed by atoms with Gasteiger partial charge in [0.2, 0.25) is 11.1 Å². The molecule has 1 saturated heterocycles. The summed E-state index contributed by atoms with van der Waals surface area (Å²) in [5.74, 6) is -0.650. The van der Waals surface area contributed by atoms with E-state index in [1.165, 1.54) is 29.1 Å². The van der Waals surface area contributed by atoms with Crippen LogP contribution < -0.4 is 10.9 Å². The molecule has 1 aliphatic rings. The van der Waals surface area contributed by atoms with Crippen LogP contribution >= 0.6 is 34.8 Å². The highest BCUT2D eigenvalue weighted by Crippen LogP contribution is 2.22. The van der Waals surface area contributed by atoms with Gasteiger partial charge in [-0.3, -0.25) is 23.3 Å². The van der Waals surface area contributed by atoms with Gasteiger partial charge in [-0.2, -0.15) is 0 Å². The smallest absolute Gasteiger partial charge is 0.261 e. The van der Waals surface area contributed by atoms with Gasteiger partial charge in [0.1, 0.15) is 5.52 Å². The Balaban J connectivity index is 0.000000803. The largest absolute Gasteiger partial charge is 0.380 e. The molecule has 1 fully saturated rings. The van der Waals surface area contributed by atoms with Crippen molar-refractivity contribution in [2.75, 3.05) is 25.6 Å². The van der Waals surface area contributed by atoms with Crippen LogP contribution in [0.15, 0.2) is 72.3 Å². The van der Waals surface area contributed by atoms with Crippen molar-refractivity contribution in [3.05, 3.63) is 93.7 Å². The molecule has 1 atom stereocenters. The number of nitrogens with one attached hydrogen (secondary N) is 1. The lowest BCUT2D eigenvalue weighted by Crippen LogP contribution is -2.30. The number of rotatable bonds is 5. The van der Waals surface area contributed by atoms with Crippen LogP contribution in [-0.4, -0.2) is 51.9 Å². The number of anilines is 1. The summed E-state index contributed by atoms with van der Waals surface area (Å²) in [7, 11) is 0.500. The molecule has 0 radical (unpaired) electrons. The van der Waals surface area contributed by atoms with Gasteiger partial charge in [0.15, 0.2) is 5.82 Å². The Bertz CT molecular complexity index is 1390. The average molecular weight is 660 g/mol. The van der Waals surface area contributed by atoms with Crippen LogP contribution in [0, 0.1) is 5.82 Å². The zero-order valence-corrected chi connectivity index (χ0v) is 27.5. The first kappa shape index (κ1) is 39.7. The second-order valence-corrected chi connectivity index (χ2v) is 9.93. The zero-order valence-electron chi connectivity index (χ0n) is 25.2. The summed E-state index contributed by atoms with van der Waals surface area (Å²) in [5.41, 5.74) is 0.322. The van der Waals surface area contributed by atoms with Gasteiger partial charge in [0, 0.05) is 30.9 Å². The van der Waals surface area contributed by atoms with E-state index in [4.69, 9.17) is 34.8 Å². The first-order valence-corrected chi connectivity index (χ1v) is 14.6. The Kier molecular flexibility index (Phi) is 19.8. The van der Waals surface area contributed by atoms with Crippen molar-refractivity contribution in [3.63, 3.8) is 0 Å². The molecule has 0 spiro atoms. The number of benzene rings is 2. The van der Waals surface area contributed by atoms with Gasteiger partial charge in [-0.25, -0.2) is 9.37 Å². The standard InChI is InChI=1S/C18H21FN4O2.C6H4Cl2.C4H5ClO.C2H6.CH3F/c1-4-16(24)22-6-5-12(9-22)21-13-7-14-17(15(19)8-13)20-10-23(11(2)3)18(14)25;7-5-3-1-2-4-6(5)8;1-2-3-4(5)6;2*1-2/h4,7-8,10-12,21H,1,5-6,9H2,2-3H3;1-4H;2-3H,1H3;1-2H3;1H3/b;;3-2+;;. The van der Waals surface area contributed by atoms with Gasteiger partial charge in [-0.05, 0) is 75.2 Å². The molecular formula is C31H39Cl3F2N4O3. The lowest BCUT2D eigenvalue weighted by molar-refractivity contribution is -0.125. The summed E-state index contributed by atoms with van der Waals surface area (Å²) in [4.78, 5) is 39.7. The topological polar surface area (TPSA) is 84.3 Å². The van der Waals surface area contributed by atoms with Crippen LogP contribution in [0.3, 0.4) is 0 Å². The normalized spacial score (nSPS) is 13.4. The summed E-state index contributed by atoms with van der Waals surface area (Å²) in [6, 6.07) is 10.1. The molecule has 2 heterocycles. The average Bonchev–Trinajstić information content (AvgIpc) is 3.46. The monoisotopic (exact) mass is 658 g/mol. The van der Waals surface area contributed by atoms with E-state index in [9.17, 15) is 23.2 Å². The van der Waals surface area contributed by atoms with Crippen molar-refractivity contribution in [1.29, 1.82) is 0 Å². The molecule has 4 rings (SSSR count). The maximum absolute atomic E-state index is 14.4. The van der Waals surface area contributed by atoms with E-state index < -0.39 is 11.1 Å². The predicted octanol–water partition coefficient (Wildman–Crippen LogP) is 8.25. The molecule has 0 bridgehead atoms. The van der Waals surface area contributed by atoms with Gasteiger partial charge >= 0.3 is 0 Å². The molecule has 43 heavy (non-hydrogen) atoms. The Labute approximate surface area is 267 Å². The summed E-state index contributed by atoms with van der Waals surface area (Å²) < 4.78 is 25.3. The number of aromatic nitrogens is 2. The third-order valence-corrected chi connectivity index (χ3v) is 6.45. The summed E-state index contributed by atoms with van der Waals surface area (Å²) in [6.45, 7) is 14.1. The minimum atomic E-state index is -0.537. The molecule has 7 nitrogen and oxygen atoms in total. The Morgan fingerprint density at radius 2 is 1.72 bits per heavy atom. The summed E-state index contributed by atoms with van der Waals surface area (Å²) >= 11 is 16.0. The van der Waals surface area contributed by atoms with Gasteiger partial charge in [-0.15, -0.1) is 0 Å². The molecule has 1 amide bonds. The lowest BCUT2D eigenvalue weighted by Gasteiger charge is -2.17. The van der Waals surface area contributed by atoms with Crippen molar-refractivity contribution < 1.29 is 18.4 Å². The van der Waals surface area contributed by atoms with E-state index in [0.29, 0.717) is 36.0 Å². The highest BCUT2D eigenvalue weighted by Gasteiger charge is 2.25. The van der Waals surface area contributed by atoms with Crippen molar-refractivity contribution in [2.45, 2.75) is 53.1 Å². The van der Waals surface area contributed by atoms with Crippen LogP contribution in [0.4, 0.5) is 14.5 Å². The second-order valence-electron chi connectivity index (χ2n) is 8.74. The second kappa shape index (κ2) is 21.4. The zero-order chi connectivity index (χ0) is 33.1. The summed E-state index contributed by atoms with van der Waals surface area (Å²) in [5, 5.41) is 4.25. The van der Waals surface area contributed by atoms with Gasteiger partial charge in [-0.1, -0.05) is 61.8 Å². The molecule has 236 valence electrons. The Hall–Kier alpha value is -3.27.